The molecule has 2 aromatic heterocycles. The van der Waals surface area contributed by atoms with E-state index in [0.717, 1.165) is 16.5 Å². The Morgan fingerprint density at radius 3 is 2.89 bits per heavy atom. The normalized spacial score (nSPS) is 10.7. The number of hydrogen-bond acceptors (Lipinski definition) is 3. The molecule has 4 heteroatoms. The fourth-order valence-electron chi connectivity index (χ4n) is 1.94. The third kappa shape index (κ3) is 1.88. The minimum Gasteiger partial charge on any atom is -0.307 e. The van der Waals surface area contributed by atoms with Crippen LogP contribution in [0, 0.1) is 6.92 Å². The number of benzene rings is 1. The van der Waals surface area contributed by atoms with Gasteiger partial charge >= 0.3 is 0 Å². The van der Waals surface area contributed by atoms with Crippen LogP contribution in [0.2, 0.25) is 0 Å². The first-order valence-electron chi connectivity index (χ1n) is 5.65. The number of pyridine rings is 1. The molecule has 3 aromatic rings. The lowest BCUT2D eigenvalue weighted by Crippen LogP contribution is -2.08. The minimum absolute atomic E-state index is 0.135. The van der Waals surface area contributed by atoms with Crippen molar-refractivity contribution in [1.82, 2.24) is 15.0 Å². The predicted octanol–water partition coefficient (Wildman–Crippen LogP) is 2.29. The molecule has 1 N–H and O–H groups in total. The molecule has 0 aliphatic heterocycles. The lowest BCUT2D eigenvalue weighted by molar-refractivity contribution is 1.07. The Bertz CT molecular complexity index is 777. The number of rotatable bonds is 1. The van der Waals surface area contributed by atoms with Gasteiger partial charge in [0.25, 0.3) is 5.56 Å². The molecule has 0 amide bonds. The van der Waals surface area contributed by atoms with Crippen molar-refractivity contribution in [2.24, 2.45) is 0 Å². The summed E-state index contributed by atoms with van der Waals surface area (Å²) in [6.45, 7) is 1.81. The van der Waals surface area contributed by atoms with Gasteiger partial charge in [0.2, 0.25) is 0 Å². The van der Waals surface area contributed by atoms with Crippen LogP contribution in [-0.4, -0.2) is 15.0 Å². The van der Waals surface area contributed by atoms with Gasteiger partial charge in [0.15, 0.2) is 0 Å². The van der Waals surface area contributed by atoms with Gasteiger partial charge in [-0.05, 0) is 31.2 Å². The highest BCUT2D eigenvalue weighted by atomic mass is 16.1. The number of hydrogen-bond donors (Lipinski definition) is 1. The molecular formula is C14H11N3O. The summed E-state index contributed by atoms with van der Waals surface area (Å²) >= 11 is 0. The Kier molecular flexibility index (Phi) is 2.41. The second-order valence-electron chi connectivity index (χ2n) is 4.15. The van der Waals surface area contributed by atoms with Gasteiger partial charge in [-0.1, -0.05) is 6.07 Å². The van der Waals surface area contributed by atoms with Gasteiger partial charge in [-0.25, -0.2) is 4.98 Å². The van der Waals surface area contributed by atoms with Crippen molar-refractivity contribution in [3.63, 3.8) is 0 Å². The highest BCUT2D eigenvalue weighted by Gasteiger charge is 2.03. The Hall–Kier alpha value is -2.49. The van der Waals surface area contributed by atoms with Crippen LogP contribution in [-0.2, 0) is 0 Å². The van der Waals surface area contributed by atoms with Gasteiger partial charge in [-0.15, -0.1) is 0 Å². The summed E-state index contributed by atoms with van der Waals surface area (Å²) in [5, 5.41) is 1.03. The van der Waals surface area contributed by atoms with Crippen molar-refractivity contribution in [1.29, 1.82) is 0 Å². The molecule has 0 fully saturated rings. The summed E-state index contributed by atoms with van der Waals surface area (Å²) in [5.74, 6) is 0.589. The molecule has 0 unspecified atom stereocenters. The smallest absolute Gasteiger partial charge is 0.251 e. The molecule has 0 spiro atoms. The molecule has 0 aliphatic carbocycles. The average molecular weight is 237 g/mol. The Morgan fingerprint density at radius 2 is 2.06 bits per heavy atom. The minimum atomic E-state index is -0.135. The molecule has 0 atom stereocenters. The number of aryl methyl sites for hydroxylation is 1. The summed E-state index contributed by atoms with van der Waals surface area (Å²) in [4.78, 5) is 22.8. The molecule has 0 aliphatic rings. The second kappa shape index (κ2) is 4.07. The van der Waals surface area contributed by atoms with E-state index in [1.165, 1.54) is 6.07 Å². The third-order valence-corrected chi connectivity index (χ3v) is 2.75. The highest BCUT2D eigenvalue weighted by Crippen LogP contribution is 2.19. The zero-order chi connectivity index (χ0) is 12.5. The number of nitrogens with zero attached hydrogens (tertiary/aromatic N) is 2. The molecule has 0 saturated heterocycles. The quantitative estimate of drug-likeness (QED) is 0.706. The predicted molar refractivity (Wildman–Crippen MR) is 70.3 cm³/mol. The second-order valence-corrected chi connectivity index (χ2v) is 4.15. The van der Waals surface area contributed by atoms with Gasteiger partial charge in [0, 0.05) is 28.9 Å². The van der Waals surface area contributed by atoms with E-state index in [0.29, 0.717) is 11.5 Å². The fraction of sp³-hybridized carbons (Fsp3) is 0.0714. The van der Waals surface area contributed by atoms with Crippen molar-refractivity contribution >= 4 is 10.9 Å². The lowest BCUT2D eigenvalue weighted by atomic mass is 10.1. The van der Waals surface area contributed by atoms with Gasteiger partial charge in [-0.2, -0.15) is 0 Å². The fourth-order valence-corrected chi connectivity index (χ4v) is 1.94. The maximum Gasteiger partial charge on any atom is 0.251 e. The highest BCUT2D eigenvalue weighted by molar-refractivity contribution is 5.82. The molecule has 0 radical (unpaired) electrons. The molecule has 0 bridgehead atoms. The van der Waals surface area contributed by atoms with E-state index >= 15 is 0 Å². The van der Waals surface area contributed by atoms with E-state index in [1.807, 2.05) is 30.3 Å². The van der Waals surface area contributed by atoms with Crippen molar-refractivity contribution < 1.29 is 0 Å². The molecule has 2 heterocycles. The van der Waals surface area contributed by atoms with Crippen molar-refractivity contribution in [2.45, 2.75) is 6.92 Å². The summed E-state index contributed by atoms with van der Waals surface area (Å²) < 4.78 is 0. The Morgan fingerprint density at radius 1 is 1.17 bits per heavy atom. The molecule has 1 aromatic carbocycles. The van der Waals surface area contributed by atoms with Crippen LogP contribution in [0.1, 0.15) is 5.69 Å². The van der Waals surface area contributed by atoms with Crippen LogP contribution in [0.25, 0.3) is 22.3 Å². The summed E-state index contributed by atoms with van der Waals surface area (Å²) in [6.07, 6.45) is 1.76. The molecule has 3 rings (SSSR count). The number of aromatic nitrogens is 3. The summed E-state index contributed by atoms with van der Waals surface area (Å²) in [7, 11) is 0. The Labute approximate surface area is 103 Å². The van der Waals surface area contributed by atoms with E-state index in [1.54, 1.807) is 13.1 Å². The molecular weight excluding hydrogens is 226 g/mol. The van der Waals surface area contributed by atoms with E-state index in [4.69, 9.17) is 0 Å². The van der Waals surface area contributed by atoms with Crippen LogP contribution < -0.4 is 5.56 Å². The maximum absolute atomic E-state index is 11.4. The van der Waals surface area contributed by atoms with Crippen molar-refractivity contribution in [3.8, 4) is 11.4 Å². The van der Waals surface area contributed by atoms with Gasteiger partial charge in [0.1, 0.15) is 5.82 Å². The largest absolute Gasteiger partial charge is 0.307 e. The molecule has 0 saturated carbocycles. The van der Waals surface area contributed by atoms with E-state index in [2.05, 4.69) is 15.0 Å². The summed E-state index contributed by atoms with van der Waals surface area (Å²) in [5.41, 5.74) is 2.39. The van der Waals surface area contributed by atoms with Crippen molar-refractivity contribution in [2.75, 3.05) is 0 Å². The number of aromatic amines is 1. The summed E-state index contributed by atoms with van der Waals surface area (Å²) in [6, 6.07) is 11.2. The number of H-pyrrole nitrogens is 1. The number of fused-ring (bicyclic) bond motifs is 1. The van der Waals surface area contributed by atoms with Crippen LogP contribution in [0.15, 0.2) is 47.4 Å². The van der Waals surface area contributed by atoms with E-state index in [-0.39, 0.29) is 5.56 Å². The average Bonchev–Trinajstić information content (AvgIpc) is 2.37. The third-order valence-electron chi connectivity index (χ3n) is 2.75. The first-order chi connectivity index (χ1) is 8.72. The molecule has 88 valence electrons. The first-order valence-corrected chi connectivity index (χ1v) is 5.65. The van der Waals surface area contributed by atoms with Crippen LogP contribution in [0.3, 0.4) is 0 Å². The van der Waals surface area contributed by atoms with Gasteiger partial charge in [-0.3, -0.25) is 9.78 Å². The van der Waals surface area contributed by atoms with E-state index < -0.39 is 0 Å². The molecule has 4 nitrogen and oxygen atoms in total. The van der Waals surface area contributed by atoms with Crippen LogP contribution >= 0.6 is 0 Å². The van der Waals surface area contributed by atoms with Crippen molar-refractivity contribution in [3.05, 3.63) is 58.6 Å². The zero-order valence-corrected chi connectivity index (χ0v) is 9.84. The van der Waals surface area contributed by atoms with Crippen LogP contribution in [0.4, 0.5) is 0 Å². The zero-order valence-electron chi connectivity index (χ0n) is 9.84. The maximum atomic E-state index is 11.4. The lowest BCUT2D eigenvalue weighted by Gasteiger charge is -2.03. The van der Waals surface area contributed by atoms with E-state index in [9.17, 15) is 4.79 Å². The monoisotopic (exact) mass is 237 g/mol. The SMILES string of the molecule is Cc1cc(=O)[nH]c(-c2ccc3ncccc3c2)n1. The molecule has 18 heavy (non-hydrogen) atoms. The van der Waals surface area contributed by atoms with Crippen LogP contribution in [0.5, 0.6) is 0 Å². The first kappa shape index (κ1) is 10.7. The van der Waals surface area contributed by atoms with Gasteiger partial charge in [0.05, 0.1) is 5.52 Å². The number of nitrogens with one attached hydrogen (secondary N) is 1. The standard InChI is InChI=1S/C14H11N3O/c1-9-7-13(18)17-14(16-9)11-4-5-12-10(8-11)3-2-6-15-12/h2-8H,1H3,(H,16,17,18). The topological polar surface area (TPSA) is 58.6 Å². The van der Waals surface area contributed by atoms with Gasteiger partial charge < -0.3 is 4.98 Å². The Balaban J connectivity index is 2.22.